The van der Waals surface area contributed by atoms with Crippen molar-refractivity contribution in [3.05, 3.63) is 69.8 Å². The SMILES string of the molecule is CCCCC(OC(=O)c1ccc(C(=O)c2ccc(C(=O)OC(CCCC)C(C)(C)C)c(C(=O)OC(CCCC)C(C)(C)C)c2)cc1C(=O)OC(CCCC)C(C)(C)C)C(C)(C)C. The number of ketones is 1. The second-order valence-electron chi connectivity index (χ2n) is 21.5. The summed E-state index contributed by atoms with van der Waals surface area (Å²) in [5.41, 5.74) is -1.50. The molecule has 4 atom stereocenters. The van der Waals surface area contributed by atoms with E-state index < -0.39 is 64.9 Å². The molecule has 2 aromatic carbocycles. The van der Waals surface area contributed by atoms with Gasteiger partial charge in [-0.2, -0.15) is 0 Å². The predicted molar refractivity (Wildman–Crippen MR) is 249 cm³/mol. The van der Waals surface area contributed by atoms with Crippen LogP contribution >= 0.6 is 0 Å². The first-order chi connectivity index (χ1) is 28.7. The standard InChI is InChI=1S/C53H82O9/c1-17-21-25-41(50(5,6)7)59-46(55)37-31-29-35(33-39(37)48(57)61-43(27-23-19-3)52(11,12)13)45(54)36-30-32-38(47(56)60-42(26-22-18-2)51(8,9)10)40(34-36)49(58)62-44(28-24-20-4)53(14,15)16/h29-34,41-44H,17-28H2,1-16H3. The first-order valence-corrected chi connectivity index (χ1v) is 23.4. The van der Waals surface area contributed by atoms with Gasteiger partial charge in [0.2, 0.25) is 0 Å². The van der Waals surface area contributed by atoms with Crippen LogP contribution in [0.2, 0.25) is 0 Å². The molecule has 0 bridgehead atoms. The minimum Gasteiger partial charge on any atom is -0.458 e. The van der Waals surface area contributed by atoms with Crippen LogP contribution in [-0.4, -0.2) is 54.1 Å². The largest absolute Gasteiger partial charge is 0.458 e. The highest BCUT2D eigenvalue weighted by Gasteiger charge is 2.35. The average molecular weight is 863 g/mol. The molecule has 0 fully saturated rings. The molecule has 0 N–H and O–H groups in total. The monoisotopic (exact) mass is 863 g/mol. The maximum atomic E-state index is 14.5. The first kappa shape index (κ1) is 54.1. The van der Waals surface area contributed by atoms with Crippen molar-refractivity contribution in [3.8, 4) is 0 Å². The Bertz CT molecular complexity index is 1660. The van der Waals surface area contributed by atoms with E-state index in [-0.39, 0.29) is 44.2 Å². The Labute approximate surface area is 375 Å². The summed E-state index contributed by atoms with van der Waals surface area (Å²) in [5.74, 6) is -3.35. The molecule has 0 amide bonds. The third-order valence-corrected chi connectivity index (χ3v) is 11.6. The van der Waals surface area contributed by atoms with Crippen LogP contribution in [0.15, 0.2) is 36.4 Å². The molecule has 0 aliphatic rings. The summed E-state index contributed by atoms with van der Waals surface area (Å²) in [5, 5.41) is 0. The van der Waals surface area contributed by atoms with E-state index in [1.54, 1.807) is 0 Å². The summed E-state index contributed by atoms with van der Waals surface area (Å²) >= 11 is 0. The fourth-order valence-electron chi connectivity index (χ4n) is 7.24. The van der Waals surface area contributed by atoms with Gasteiger partial charge in [0.25, 0.3) is 0 Å². The maximum Gasteiger partial charge on any atom is 0.339 e. The van der Waals surface area contributed by atoms with Gasteiger partial charge in [-0.1, -0.05) is 174 Å². The zero-order chi connectivity index (χ0) is 47.2. The van der Waals surface area contributed by atoms with Crippen molar-refractivity contribution < 1.29 is 42.9 Å². The number of carbonyl (C=O) groups is 5. The van der Waals surface area contributed by atoms with Crippen LogP contribution in [0.1, 0.15) is 245 Å². The molecule has 348 valence electrons. The fourth-order valence-corrected chi connectivity index (χ4v) is 7.24. The molecule has 0 radical (unpaired) electrons. The van der Waals surface area contributed by atoms with E-state index in [4.69, 9.17) is 18.9 Å². The molecular weight excluding hydrogens is 781 g/mol. The Kier molecular flexibility index (Phi) is 20.6. The van der Waals surface area contributed by atoms with Gasteiger partial charge in [-0.15, -0.1) is 0 Å². The third-order valence-electron chi connectivity index (χ3n) is 11.6. The second-order valence-corrected chi connectivity index (χ2v) is 21.5. The summed E-state index contributed by atoms with van der Waals surface area (Å²) in [6, 6.07) is 8.59. The number of carbonyl (C=O) groups excluding carboxylic acids is 5. The summed E-state index contributed by atoms with van der Waals surface area (Å²) in [4.78, 5) is 71.1. The smallest absolute Gasteiger partial charge is 0.339 e. The van der Waals surface area contributed by atoms with Gasteiger partial charge in [0.05, 0.1) is 22.3 Å². The summed E-state index contributed by atoms with van der Waals surface area (Å²) in [6.07, 6.45) is 7.91. The lowest BCUT2D eigenvalue weighted by Gasteiger charge is -2.31. The van der Waals surface area contributed by atoms with Crippen LogP contribution < -0.4 is 0 Å². The van der Waals surface area contributed by atoms with Gasteiger partial charge >= 0.3 is 23.9 Å². The number of ether oxygens (including phenoxy) is 4. The van der Waals surface area contributed by atoms with E-state index in [9.17, 15) is 24.0 Å². The summed E-state index contributed by atoms with van der Waals surface area (Å²) in [7, 11) is 0. The summed E-state index contributed by atoms with van der Waals surface area (Å²) in [6.45, 7) is 32.4. The zero-order valence-corrected chi connectivity index (χ0v) is 41.4. The van der Waals surface area contributed by atoms with Crippen LogP contribution in [0.4, 0.5) is 0 Å². The Morgan fingerprint density at radius 1 is 0.387 bits per heavy atom. The molecule has 0 spiro atoms. The van der Waals surface area contributed by atoms with E-state index in [1.165, 1.54) is 36.4 Å². The summed E-state index contributed by atoms with van der Waals surface area (Å²) < 4.78 is 24.6. The minimum atomic E-state index is -0.734. The quantitative estimate of drug-likeness (QED) is 0.0647. The van der Waals surface area contributed by atoms with Crippen LogP contribution in [0.25, 0.3) is 0 Å². The molecule has 62 heavy (non-hydrogen) atoms. The third kappa shape index (κ3) is 16.3. The van der Waals surface area contributed by atoms with Crippen molar-refractivity contribution in [1.29, 1.82) is 0 Å². The van der Waals surface area contributed by atoms with E-state index >= 15 is 0 Å². The topological polar surface area (TPSA) is 122 Å². The molecule has 0 saturated heterocycles. The Balaban J connectivity index is 2.82. The predicted octanol–water partition coefficient (Wildman–Crippen LogP) is 14.0. The molecular formula is C53H82O9. The number of esters is 4. The van der Waals surface area contributed by atoms with Gasteiger partial charge < -0.3 is 18.9 Å². The normalized spacial score (nSPS) is 14.3. The highest BCUT2D eigenvalue weighted by Crippen LogP contribution is 2.33. The maximum absolute atomic E-state index is 14.5. The van der Waals surface area contributed by atoms with Crippen molar-refractivity contribution in [2.75, 3.05) is 0 Å². The van der Waals surface area contributed by atoms with E-state index in [0.29, 0.717) is 25.7 Å². The minimum absolute atomic E-state index is 0.000383. The lowest BCUT2D eigenvalue weighted by Crippen LogP contribution is -2.34. The molecule has 0 heterocycles. The van der Waals surface area contributed by atoms with E-state index in [0.717, 1.165) is 51.4 Å². The molecule has 0 saturated carbocycles. The van der Waals surface area contributed by atoms with Crippen LogP contribution in [0.5, 0.6) is 0 Å². The number of hydrogen-bond donors (Lipinski definition) is 0. The van der Waals surface area contributed by atoms with Gasteiger partial charge in [0, 0.05) is 11.1 Å². The van der Waals surface area contributed by atoms with Crippen molar-refractivity contribution in [2.24, 2.45) is 21.7 Å². The van der Waals surface area contributed by atoms with Gasteiger partial charge in [-0.25, -0.2) is 19.2 Å². The fraction of sp³-hybridized carbons (Fsp3) is 0.679. The van der Waals surface area contributed by atoms with Crippen LogP contribution in [0, 0.1) is 21.7 Å². The van der Waals surface area contributed by atoms with Gasteiger partial charge in [-0.05, 0) is 71.6 Å². The number of hydrogen-bond acceptors (Lipinski definition) is 9. The highest BCUT2D eigenvalue weighted by molar-refractivity contribution is 6.13. The molecule has 0 aromatic heterocycles. The number of benzene rings is 2. The first-order valence-electron chi connectivity index (χ1n) is 23.4. The molecule has 2 aromatic rings. The van der Waals surface area contributed by atoms with Crippen molar-refractivity contribution >= 4 is 29.7 Å². The molecule has 9 heteroatoms. The van der Waals surface area contributed by atoms with Gasteiger partial charge in [0.1, 0.15) is 24.4 Å². The lowest BCUT2D eigenvalue weighted by atomic mass is 9.85. The van der Waals surface area contributed by atoms with Gasteiger partial charge in [0.15, 0.2) is 5.78 Å². The Morgan fingerprint density at radius 2 is 0.613 bits per heavy atom. The highest BCUT2D eigenvalue weighted by atomic mass is 16.6. The van der Waals surface area contributed by atoms with Crippen molar-refractivity contribution in [3.63, 3.8) is 0 Å². The van der Waals surface area contributed by atoms with Crippen molar-refractivity contribution in [2.45, 2.75) is 212 Å². The Hall–Kier alpha value is -4.01. The molecule has 4 unspecified atom stereocenters. The van der Waals surface area contributed by atoms with Crippen LogP contribution in [-0.2, 0) is 18.9 Å². The van der Waals surface area contributed by atoms with Crippen molar-refractivity contribution in [1.82, 2.24) is 0 Å². The van der Waals surface area contributed by atoms with E-state index in [1.807, 2.05) is 83.1 Å². The second kappa shape index (κ2) is 23.6. The van der Waals surface area contributed by atoms with E-state index in [2.05, 4.69) is 27.7 Å². The average Bonchev–Trinajstić information content (AvgIpc) is 3.18. The molecule has 0 aliphatic heterocycles. The number of unbranched alkanes of at least 4 members (excludes halogenated alkanes) is 4. The number of rotatable bonds is 22. The molecule has 2 rings (SSSR count). The molecule has 0 aliphatic carbocycles. The zero-order valence-electron chi connectivity index (χ0n) is 41.4. The van der Waals surface area contributed by atoms with Gasteiger partial charge in [-0.3, -0.25) is 4.79 Å². The molecule has 9 nitrogen and oxygen atoms in total. The lowest BCUT2D eigenvalue weighted by molar-refractivity contribution is -0.0106. The van der Waals surface area contributed by atoms with Crippen LogP contribution in [0.3, 0.4) is 0 Å². The Morgan fingerprint density at radius 3 is 0.823 bits per heavy atom.